The summed E-state index contributed by atoms with van der Waals surface area (Å²) in [6, 6.07) is 9.37. The van der Waals surface area contributed by atoms with E-state index < -0.39 is 8.32 Å². The maximum Gasteiger partial charge on any atom is 0.289 e. The maximum absolute atomic E-state index is 5.98. The van der Waals surface area contributed by atoms with Crippen LogP contribution in [-0.4, -0.2) is 40.3 Å². The molecule has 2 heterocycles. The van der Waals surface area contributed by atoms with Gasteiger partial charge in [-0.3, -0.25) is 0 Å². The first-order valence-corrected chi connectivity index (χ1v) is 12.1. The number of aromatic nitrogens is 5. The van der Waals surface area contributed by atoms with Gasteiger partial charge in [-0.25, -0.2) is 4.98 Å². The molecule has 0 aliphatic rings. The topological polar surface area (TPSA) is 75.0 Å². The molecule has 1 aromatic carbocycles. The van der Waals surface area contributed by atoms with Crippen LogP contribution in [0.5, 0.6) is 5.75 Å². The van der Waals surface area contributed by atoms with Gasteiger partial charge in [0, 0.05) is 16.8 Å². The first-order valence-electron chi connectivity index (χ1n) is 8.82. The number of tetrazole rings is 1. The molecule has 3 rings (SSSR count). The Bertz CT molecular complexity index is 939. The lowest BCUT2D eigenvalue weighted by atomic mass is 10.2. The fraction of sp³-hybridized carbons (Fsp3) is 0.444. The molecule has 2 aromatic heterocycles. The Morgan fingerprint density at radius 1 is 1.15 bits per heavy atom. The minimum absolute atomic E-state index is 0.0685. The van der Waals surface area contributed by atoms with Gasteiger partial charge in [-0.05, 0) is 53.7 Å². The molecule has 0 unspecified atom stereocenters. The van der Waals surface area contributed by atoms with E-state index in [-0.39, 0.29) is 5.04 Å². The predicted octanol–water partition coefficient (Wildman–Crippen LogP) is 3.93. The second-order valence-electron chi connectivity index (χ2n) is 7.90. The van der Waals surface area contributed by atoms with Gasteiger partial charge in [0.05, 0.1) is 12.1 Å². The number of benzene rings is 1. The third-order valence-electron chi connectivity index (χ3n) is 4.77. The number of nitrogens with zero attached hydrogens (tertiary/aromatic N) is 5. The van der Waals surface area contributed by atoms with Crippen LogP contribution in [0.25, 0.3) is 10.9 Å². The summed E-state index contributed by atoms with van der Waals surface area (Å²) < 4.78 is 11.8. The second-order valence-corrected chi connectivity index (χ2v) is 13.0. The predicted molar refractivity (Wildman–Crippen MR) is 108 cm³/mol. The molecular weight excluding hydrogens is 382 g/mol. The number of halogens is 1. The molecule has 0 bridgehead atoms. The molecular formula is C18H24ClN5O2Si. The second kappa shape index (κ2) is 7.44. The SMILES string of the molecule is CC(C)(C)[Si](C)(C)On1nnc(CCOc2ccc3nc(Cl)ccc3c2)n1. The molecule has 0 amide bonds. The van der Waals surface area contributed by atoms with Crippen LogP contribution < -0.4 is 9.26 Å². The molecule has 0 N–H and O–H groups in total. The molecule has 9 heteroatoms. The monoisotopic (exact) mass is 405 g/mol. The van der Waals surface area contributed by atoms with Crippen molar-refractivity contribution in [3.8, 4) is 5.75 Å². The highest BCUT2D eigenvalue weighted by molar-refractivity contribution is 6.74. The Morgan fingerprint density at radius 3 is 2.67 bits per heavy atom. The van der Waals surface area contributed by atoms with Crippen molar-refractivity contribution in [1.82, 2.24) is 25.4 Å². The van der Waals surface area contributed by atoms with Gasteiger partial charge in [0.1, 0.15) is 10.9 Å². The van der Waals surface area contributed by atoms with E-state index in [9.17, 15) is 0 Å². The van der Waals surface area contributed by atoms with E-state index in [2.05, 4.69) is 54.3 Å². The summed E-state index contributed by atoms with van der Waals surface area (Å²) in [6.07, 6.45) is 0.539. The van der Waals surface area contributed by atoms with E-state index in [4.69, 9.17) is 20.9 Å². The van der Waals surface area contributed by atoms with Crippen LogP contribution in [0, 0.1) is 0 Å². The van der Waals surface area contributed by atoms with Crippen LogP contribution in [0.4, 0.5) is 0 Å². The molecule has 0 aliphatic heterocycles. The van der Waals surface area contributed by atoms with E-state index in [0.29, 0.717) is 24.0 Å². The Labute approximate surface area is 164 Å². The number of hydrogen-bond donors (Lipinski definition) is 0. The summed E-state index contributed by atoms with van der Waals surface area (Å²) in [6.45, 7) is 11.2. The number of ether oxygens (including phenoxy) is 1. The van der Waals surface area contributed by atoms with Crippen molar-refractivity contribution in [1.29, 1.82) is 0 Å². The van der Waals surface area contributed by atoms with Gasteiger partial charge in [-0.1, -0.05) is 32.4 Å². The third-order valence-corrected chi connectivity index (χ3v) is 9.22. The molecule has 0 radical (unpaired) electrons. The van der Waals surface area contributed by atoms with Gasteiger partial charge >= 0.3 is 0 Å². The van der Waals surface area contributed by atoms with Crippen LogP contribution in [-0.2, 0) is 6.42 Å². The van der Waals surface area contributed by atoms with Crippen molar-refractivity contribution in [2.75, 3.05) is 6.61 Å². The number of pyridine rings is 1. The molecule has 0 fully saturated rings. The van der Waals surface area contributed by atoms with Crippen molar-refractivity contribution in [3.05, 3.63) is 41.3 Å². The molecule has 3 aromatic rings. The number of hydrogen-bond acceptors (Lipinski definition) is 6. The molecule has 144 valence electrons. The molecule has 27 heavy (non-hydrogen) atoms. The molecule has 0 saturated heterocycles. The Morgan fingerprint density at radius 2 is 1.93 bits per heavy atom. The Kier molecular flexibility index (Phi) is 5.39. The Hall–Kier alpha value is -2.19. The third kappa shape index (κ3) is 4.75. The average Bonchev–Trinajstić information content (AvgIpc) is 3.00. The molecule has 0 atom stereocenters. The lowest BCUT2D eigenvalue weighted by Crippen LogP contribution is -2.48. The van der Waals surface area contributed by atoms with Crippen LogP contribution in [0.3, 0.4) is 0 Å². The molecule has 0 saturated carbocycles. The van der Waals surface area contributed by atoms with Crippen LogP contribution in [0.1, 0.15) is 26.6 Å². The van der Waals surface area contributed by atoms with Crippen molar-refractivity contribution in [2.24, 2.45) is 0 Å². The minimum atomic E-state index is -2.00. The van der Waals surface area contributed by atoms with E-state index in [1.54, 1.807) is 6.07 Å². The van der Waals surface area contributed by atoms with Crippen molar-refractivity contribution in [3.63, 3.8) is 0 Å². The summed E-state index contributed by atoms with van der Waals surface area (Å²) in [7, 11) is -2.00. The average molecular weight is 406 g/mol. The first kappa shape index (κ1) is 19.6. The molecule has 7 nitrogen and oxygen atoms in total. The highest BCUT2D eigenvalue weighted by Crippen LogP contribution is 2.34. The van der Waals surface area contributed by atoms with Crippen molar-refractivity contribution in [2.45, 2.75) is 45.3 Å². The maximum atomic E-state index is 5.98. The quantitative estimate of drug-likeness (QED) is 0.457. The van der Waals surface area contributed by atoms with E-state index in [0.717, 1.165) is 16.7 Å². The standard InChI is InChI=1S/C18H24ClN5O2Si/c1-18(2,3)27(4,5)26-24-22-17(21-23-24)10-11-25-14-7-8-15-13(12-14)6-9-16(19)20-15/h6-9,12H,10-11H2,1-5H3. The smallest absolute Gasteiger partial charge is 0.289 e. The van der Waals surface area contributed by atoms with Crippen molar-refractivity contribution >= 4 is 30.8 Å². The summed E-state index contributed by atoms with van der Waals surface area (Å²) in [5.41, 5.74) is 0.835. The van der Waals surface area contributed by atoms with E-state index in [1.807, 2.05) is 24.3 Å². The van der Waals surface area contributed by atoms with Gasteiger partial charge in [-0.15, -0.1) is 10.2 Å². The van der Waals surface area contributed by atoms with Crippen LogP contribution in [0.15, 0.2) is 30.3 Å². The fourth-order valence-electron chi connectivity index (χ4n) is 2.14. The van der Waals surface area contributed by atoms with Crippen LogP contribution in [0.2, 0.25) is 23.3 Å². The van der Waals surface area contributed by atoms with E-state index >= 15 is 0 Å². The first-order chi connectivity index (χ1) is 12.6. The van der Waals surface area contributed by atoms with E-state index in [1.165, 1.54) is 4.96 Å². The lowest BCUT2D eigenvalue weighted by molar-refractivity contribution is 0.166. The zero-order chi connectivity index (χ0) is 19.7. The largest absolute Gasteiger partial charge is 0.493 e. The number of rotatable bonds is 6. The highest BCUT2D eigenvalue weighted by atomic mass is 35.5. The van der Waals surface area contributed by atoms with Gasteiger partial charge < -0.3 is 9.26 Å². The minimum Gasteiger partial charge on any atom is -0.493 e. The fourth-order valence-corrected chi connectivity index (χ4v) is 3.05. The zero-order valence-corrected chi connectivity index (χ0v) is 18.0. The van der Waals surface area contributed by atoms with Crippen LogP contribution >= 0.6 is 11.6 Å². The van der Waals surface area contributed by atoms with Gasteiger partial charge in [0.15, 0.2) is 5.82 Å². The lowest BCUT2D eigenvalue weighted by Gasteiger charge is -2.33. The van der Waals surface area contributed by atoms with Gasteiger partial charge in [0.2, 0.25) is 0 Å². The highest BCUT2D eigenvalue weighted by Gasteiger charge is 2.41. The zero-order valence-electron chi connectivity index (χ0n) is 16.2. The molecule has 0 spiro atoms. The Balaban J connectivity index is 1.57. The number of fused-ring (bicyclic) bond motifs is 1. The van der Waals surface area contributed by atoms with Gasteiger partial charge in [-0.2, -0.15) is 0 Å². The normalized spacial score (nSPS) is 12.4. The summed E-state index contributed by atoms with van der Waals surface area (Å²) in [5, 5.41) is 13.9. The summed E-state index contributed by atoms with van der Waals surface area (Å²) in [5.74, 6) is 1.35. The summed E-state index contributed by atoms with van der Waals surface area (Å²) in [4.78, 5) is 5.51. The molecule has 0 aliphatic carbocycles. The summed E-state index contributed by atoms with van der Waals surface area (Å²) >= 11 is 5.90. The van der Waals surface area contributed by atoms with Gasteiger partial charge in [0.25, 0.3) is 8.32 Å². The van der Waals surface area contributed by atoms with Crippen molar-refractivity contribution < 1.29 is 9.26 Å².